The van der Waals surface area contributed by atoms with Gasteiger partial charge >= 0.3 is 0 Å². The number of carbonyl (C=O) groups is 1. The Morgan fingerprint density at radius 2 is 1.41 bits per heavy atom. The van der Waals surface area contributed by atoms with Crippen molar-refractivity contribution in [2.45, 2.75) is 0 Å². The van der Waals surface area contributed by atoms with Gasteiger partial charge in [-0.25, -0.2) is 9.97 Å². The molecule has 1 amide bonds. The molecular formula is C17H14N4O. The van der Waals surface area contributed by atoms with Crippen LogP contribution >= 0.6 is 0 Å². The van der Waals surface area contributed by atoms with Crippen molar-refractivity contribution >= 4 is 23.1 Å². The minimum Gasteiger partial charge on any atom is -0.339 e. The van der Waals surface area contributed by atoms with Gasteiger partial charge in [0.15, 0.2) is 0 Å². The van der Waals surface area contributed by atoms with E-state index in [-0.39, 0.29) is 11.6 Å². The zero-order valence-electron chi connectivity index (χ0n) is 11.7. The molecule has 22 heavy (non-hydrogen) atoms. The minimum atomic E-state index is -0.287. The van der Waals surface area contributed by atoms with Crippen LogP contribution in [0.1, 0.15) is 10.5 Å². The number of carbonyl (C=O) groups excluding carboxylic acids is 1. The summed E-state index contributed by atoms with van der Waals surface area (Å²) in [6, 6.07) is 18.9. The van der Waals surface area contributed by atoms with Crippen molar-refractivity contribution < 1.29 is 4.79 Å². The smallest absolute Gasteiger partial charge is 0.275 e. The van der Waals surface area contributed by atoms with Crippen LogP contribution in [0.3, 0.4) is 0 Å². The van der Waals surface area contributed by atoms with Crippen LogP contribution in [0.25, 0.3) is 0 Å². The lowest BCUT2D eigenvalue weighted by Gasteiger charge is -2.06. The van der Waals surface area contributed by atoms with Gasteiger partial charge in [-0.15, -0.1) is 0 Å². The molecule has 1 heterocycles. The van der Waals surface area contributed by atoms with Crippen LogP contribution in [-0.4, -0.2) is 15.9 Å². The van der Waals surface area contributed by atoms with E-state index >= 15 is 0 Å². The molecule has 0 unspecified atom stereocenters. The van der Waals surface area contributed by atoms with Crippen molar-refractivity contribution in [3.8, 4) is 0 Å². The van der Waals surface area contributed by atoms with E-state index in [1.165, 1.54) is 12.4 Å². The molecule has 5 heteroatoms. The predicted octanol–water partition coefficient (Wildman–Crippen LogP) is 3.47. The first-order valence-corrected chi connectivity index (χ1v) is 6.82. The third-order valence-electron chi connectivity index (χ3n) is 2.96. The molecule has 108 valence electrons. The first-order valence-electron chi connectivity index (χ1n) is 6.82. The van der Waals surface area contributed by atoms with Gasteiger partial charge < -0.3 is 10.6 Å². The summed E-state index contributed by atoms with van der Waals surface area (Å²) in [6.45, 7) is 0. The van der Waals surface area contributed by atoms with Gasteiger partial charge in [0.05, 0.1) is 12.4 Å². The number of benzene rings is 2. The number of nitrogens with one attached hydrogen (secondary N) is 2. The Kier molecular flexibility index (Phi) is 4.06. The number of nitrogens with zero attached hydrogens (tertiary/aromatic N) is 2. The van der Waals surface area contributed by atoms with Crippen molar-refractivity contribution in [1.82, 2.24) is 9.97 Å². The van der Waals surface area contributed by atoms with Crippen LogP contribution in [-0.2, 0) is 0 Å². The normalized spacial score (nSPS) is 10.0. The molecule has 2 N–H and O–H groups in total. The first kappa shape index (κ1) is 13.8. The van der Waals surface area contributed by atoms with Crippen LogP contribution in [0.15, 0.2) is 73.1 Å². The largest absolute Gasteiger partial charge is 0.339 e. The van der Waals surface area contributed by atoms with Crippen LogP contribution in [0.2, 0.25) is 0 Å². The van der Waals surface area contributed by atoms with E-state index in [0.717, 1.165) is 11.4 Å². The Morgan fingerprint density at radius 3 is 2.00 bits per heavy atom. The second-order valence-corrected chi connectivity index (χ2v) is 4.60. The number of aromatic nitrogens is 2. The highest BCUT2D eigenvalue weighted by Gasteiger charge is 2.08. The molecule has 0 fully saturated rings. The molecule has 0 radical (unpaired) electrons. The topological polar surface area (TPSA) is 66.9 Å². The number of rotatable bonds is 4. The lowest BCUT2D eigenvalue weighted by Crippen LogP contribution is -2.14. The molecule has 1 aromatic heterocycles. The molecular weight excluding hydrogens is 276 g/mol. The maximum absolute atomic E-state index is 12.0. The summed E-state index contributed by atoms with van der Waals surface area (Å²) in [7, 11) is 0. The van der Waals surface area contributed by atoms with Crippen LogP contribution in [0, 0.1) is 0 Å². The van der Waals surface area contributed by atoms with Gasteiger partial charge in [-0.2, -0.15) is 0 Å². The monoisotopic (exact) mass is 290 g/mol. The Bertz CT molecular complexity index is 743. The van der Waals surface area contributed by atoms with Crippen LogP contribution < -0.4 is 10.6 Å². The molecule has 0 aliphatic heterocycles. The van der Waals surface area contributed by atoms with E-state index in [0.29, 0.717) is 5.82 Å². The third kappa shape index (κ3) is 3.46. The van der Waals surface area contributed by atoms with E-state index in [1.54, 1.807) is 0 Å². The van der Waals surface area contributed by atoms with Gasteiger partial charge in [-0.3, -0.25) is 4.79 Å². The van der Waals surface area contributed by atoms with E-state index in [4.69, 9.17) is 0 Å². The average molecular weight is 290 g/mol. The van der Waals surface area contributed by atoms with Crippen molar-refractivity contribution in [1.29, 1.82) is 0 Å². The summed E-state index contributed by atoms with van der Waals surface area (Å²) in [5, 5.41) is 5.88. The number of hydrogen-bond acceptors (Lipinski definition) is 4. The molecule has 0 saturated heterocycles. The summed E-state index contributed by atoms with van der Waals surface area (Å²) < 4.78 is 0. The van der Waals surface area contributed by atoms with E-state index < -0.39 is 0 Å². The van der Waals surface area contributed by atoms with Crippen molar-refractivity contribution in [2.75, 3.05) is 10.6 Å². The molecule has 2 aromatic carbocycles. The fourth-order valence-electron chi connectivity index (χ4n) is 1.90. The molecule has 0 bridgehead atoms. The molecule has 0 saturated carbocycles. The number of hydrogen-bond donors (Lipinski definition) is 2. The molecule has 0 aliphatic carbocycles. The minimum absolute atomic E-state index is 0.266. The summed E-state index contributed by atoms with van der Waals surface area (Å²) in [6.07, 6.45) is 2.98. The fraction of sp³-hybridized carbons (Fsp3) is 0. The van der Waals surface area contributed by atoms with Gasteiger partial charge in [0.1, 0.15) is 11.5 Å². The van der Waals surface area contributed by atoms with Crippen molar-refractivity contribution in [3.05, 3.63) is 78.8 Å². The fourth-order valence-corrected chi connectivity index (χ4v) is 1.90. The Morgan fingerprint density at radius 1 is 0.773 bits per heavy atom. The molecule has 0 spiro atoms. The van der Waals surface area contributed by atoms with E-state index in [9.17, 15) is 4.79 Å². The second-order valence-electron chi connectivity index (χ2n) is 4.60. The van der Waals surface area contributed by atoms with Crippen LogP contribution in [0.4, 0.5) is 17.2 Å². The molecule has 5 nitrogen and oxygen atoms in total. The zero-order valence-corrected chi connectivity index (χ0v) is 11.7. The van der Waals surface area contributed by atoms with Gasteiger partial charge in [-0.1, -0.05) is 36.4 Å². The average Bonchev–Trinajstić information content (AvgIpc) is 2.57. The lowest BCUT2D eigenvalue weighted by molar-refractivity contribution is 0.102. The summed E-state index contributed by atoms with van der Waals surface area (Å²) in [4.78, 5) is 20.4. The highest BCUT2D eigenvalue weighted by atomic mass is 16.1. The highest BCUT2D eigenvalue weighted by Crippen LogP contribution is 2.13. The maximum atomic E-state index is 12.0. The summed E-state index contributed by atoms with van der Waals surface area (Å²) in [5.41, 5.74) is 1.90. The maximum Gasteiger partial charge on any atom is 0.275 e. The highest BCUT2D eigenvalue weighted by molar-refractivity contribution is 6.02. The molecule has 3 aromatic rings. The van der Waals surface area contributed by atoms with Crippen molar-refractivity contribution in [3.63, 3.8) is 0 Å². The SMILES string of the molecule is O=C(Nc1ccccc1)c1cnc(Nc2ccccc2)cn1. The van der Waals surface area contributed by atoms with Crippen LogP contribution in [0.5, 0.6) is 0 Å². The Balaban J connectivity index is 1.67. The van der Waals surface area contributed by atoms with Gasteiger partial charge in [0, 0.05) is 11.4 Å². The molecule has 0 atom stereocenters. The van der Waals surface area contributed by atoms with Gasteiger partial charge in [0.25, 0.3) is 5.91 Å². The lowest BCUT2D eigenvalue weighted by atomic mass is 10.3. The van der Waals surface area contributed by atoms with E-state index in [1.807, 2.05) is 60.7 Å². The summed E-state index contributed by atoms with van der Waals surface area (Å²) >= 11 is 0. The zero-order chi connectivity index (χ0) is 15.2. The second kappa shape index (κ2) is 6.49. The van der Waals surface area contributed by atoms with Gasteiger partial charge in [-0.05, 0) is 24.3 Å². The number of amides is 1. The molecule has 3 rings (SSSR count). The molecule has 0 aliphatic rings. The first-order chi connectivity index (χ1) is 10.8. The predicted molar refractivity (Wildman–Crippen MR) is 86.2 cm³/mol. The number of anilines is 3. The standard InChI is InChI=1S/C17H14N4O/c22-17(21-14-9-5-2-6-10-14)15-11-19-16(12-18-15)20-13-7-3-1-4-8-13/h1-12H,(H,19,20)(H,21,22). The van der Waals surface area contributed by atoms with E-state index in [2.05, 4.69) is 20.6 Å². The number of para-hydroxylation sites is 2. The van der Waals surface area contributed by atoms with Gasteiger partial charge in [0.2, 0.25) is 0 Å². The third-order valence-corrected chi connectivity index (χ3v) is 2.96. The Labute approximate surface area is 128 Å². The quantitative estimate of drug-likeness (QED) is 0.772. The van der Waals surface area contributed by atoms with Crippen molar-refractivity contribution in [2.24, 2.45) is 0 Å². The Hall–Kier alpha value is -3.21. The summed E-state index contributed by atoms with van der Waals surface area (Å²) in [5.74, 6) is 0.299.